The Bertz CT molecular complexity index is 3500. The minimum atomic E-state index is 1.09. The van der Waals surface area contributed by atoms with Crippen LogP contribution in [0.3, 0.4) is 0 Å². The Labute approximate surface area is 346 Å². The third-order valence-electron chi connectivity index (χ3n) is 12.0. The topological polar surface area (TPSA) is 8.17 Å². The molecule has 276 valence electrons. The van der Waals surface area contributed by atoms with Crippen LogP contribution in [0.1, 0.15) is 0 Å². The highest BCUT2D eigenvalue weighted by atomic mass is 32.1. The third kappa shape index (κ3) is 5.47. The predicted molar refractivity (Wildman–Crippen MR) is 254 cm³/mol. The second kappa shape index (κ2) is 13.6. The quantitative estimate of drug-likeness (QED) is 0.153. The Morgan fingerprint density at radius 2 is 0.932 bits per heavy atom. The molecule has 0 bridgehead atoms. The number of anilines is 3. The van der Waals surface area contributed by atoms with Crippen LogP contribution in [-0.4, -0.2) is 4.57 Å². The van der Waals surface area contributed by atoms with Crippen molar-refractivity contribution in [1.29, 1.82) is 0 Å². The van der Waals surface area contributed by atoms with E-state index in [0.29, 0.717) is 0 Å². The SMILES string of the molecule is c1cc(-c2cccc3c2ccc2ccccc23)cc(N(c2ccc(-c3cccc4sc5ccccc5c34)cc2)c2ccc(-n3c4ccccc4c4ccccc43)cc2)c1. The fourth-order valence-corrected chi connectivity index (χ4v) is 10.4. The molecule has 0 aliphatic rings. The van der Waals surface area contributed by atoms with Gasteiger partial charge in [-0.15, -0.1) is 11.3 Å². The number of rotatable bonds is 6. The summed E-state index contributed by atoms with van der Waals surface area (Å²) in [6.07, 6.45) is 0. The van der Waals surface area contributed by atoms with Gasteiger partial charge < -0.3 is 9.47 Å². The molecule has 3 heteroatoms. The smallest absolute Gasteiger partial charge is 0.0541 e. The molecule has 0 aliphatic heterocycles. The van der Waals surface area contributed by atoms with Crippen LogP contribution < -0.4 is 4.90 Å². The van der Waals surface area contributed by atoms with Crippen molar-refractivity contribution in [3.8, 4) is 27.9 Å². The van der Waals surface area contributed by atoms with Gasteiger partial charge in [0.1, 0.15) is 0 Å². The van der Waals surface area contributed by atoms with Crippen LogP contribution in [-0.2, 0) is 0 Å². The molecule has 0 spiro atoms. The molecule has 0 N–H and O–H groups in total. The lowest BCUT2D eigenvalue weighted by molar-refractivity contribution is 1.17. The summed E-state index contributed by atoms with van der Waals surface area (Å²) in [5.74, 6) is 0. The lowest BCUT2D eigenvalue weighted by atomic mass is 9.94. The molecule has 0 amide bonds. The molecule has 0 unspecified atom stereocenters. The maximum Gasteiger partial charge on any atom is 0.0541 e. The molecule has 2 nitrogen and oxygen atoms in total. The fourth-order valence-electron chi connectivity index (χ4n) is 9.31. The maximum atomic E-state index is 2.39. The summed E-state index contributed by atoms with van der Waals surface area (Å²) in [5.41, 5.74) is 11.7. The number of hydrogen-bond acceptors (Lipinski definition) is 2. The molecule has 2 aromatic heterocycles. The largest absolute Gasteiger partial charge is 0.310 e. The molecule has 0 aliphatic carbocycles. The zero-order valence-corrected chi connectivity index (χ0v) is 32.9. The fraction of sp³-hybridized carbons (Fsp3) is 0. The second-order valence-electron chi connectivity index (χ2n) is 15.3. The normalized spacial score (nSPS) is 11.7. The van der Waals surface area contributed by atoms with Crippen molar-refractivity contribution < 1.29 is 0 Å². The molecular weight excluding hydrogens is 733 g/mol. The number of aromatic nitrogens is 1. The van der Waals surface area contributed by atoms with Crippen LogP contribution >= 0.6 is 11.3 Å². The molecule has 0 fully saturated rings. The van der Waals surface area contributed by atoms with Gasteiger partial charge in [-0.1, -0.05) is 146 Å². The number of nitrogens with zero attached hydrogens (tertiary/aromatic N) is 2. The van der Waals surface area contributed by atoms with E-state index in [-0.39, 0.29) is 0 Å². The van der Waals surface area contributed by atoms with Crippen LogP contribution in [0.25, 0.3) is 91.5 Å². The molecule has 0 saturated heterocycles. The number of hydrogen-bond donors (Lipinski definition) is 0. The van der Waals surface area contributed by atoms with Gasteiger partial charge in [-0.2, -0.15) is 0 Å². The van der Waals surface area contributed by atoms with E-state index in [1.807, 2.05) is 11.3 Å². The van der Waals surface area contributed by atoms with Gasteiger partial charge in [-0.3, -0.25) is 0 Å². The van der Waals surface area contributed by atoms with Gasteiger partial charge in [-0.05, 0) is 117 Å². The van der Waals surface area contributed by atoms with E-state index in [2.05, 4.69) is 228 Å². The van der Waals surface area contributed by atoms with Gasteiger partial charge in [0.15, 0.2) is 0 Å². The van der Waals surface area contributed by atoms with E-state index in [1.165, 1.54) is 85.8 Å². The predicted octanol–water partition coefficient (Wildman–Crippen LogP) is 16.3. The minimum Gasteiger partial charge on any atom is -0.310 e. The third-order valence-corrected chi connectivity index (χ3v) is 13.1. The van der Waals surface area contributed by atoms with Crippen LogP contribution in [0.5, 0.6) is 0 Å². The number of thiophene rings is 1. The van der Waals surface area contributed by atoms with Crippen molar-refractivity contribution in [3.05, 3.63) is 218 Å². The lowest BCUT2D eigenvalue weighted by Gasteiger charge is -2.27. The molecule has 0 radical (unpaired) electrons. The summed E-state index contributed by atoms with van der Waals surface area (Å²) in [6.45, 7) is 0. The molecule has 10 aromatic carbocycles. The average molecular weight is 769 g/mol. The molecule has 2 heterocycles. The monoisotopic (exact) mass is 768 g/mol. The van der Waals surface area contributed by atoms with Crippen LogP contribution in [0.4, 0.5) is 17.1 Å². The first-order valence-electron chi connectivity index (χ1n) is 20.2. The summed E-state index contributed by atoms with van der Waals surface area (Å²) in [6, 6.07) is 79.9. The molecule has 0 atom stereocenters. The van der Waals surface area contributed by atoms with E-state index in [4.69, 9.17) is 0 Å². The van der Waals surface area contributed by atoms with Crippen LogP contribution in [0.2, 0.25) is 0 Å². The molecule has 12 rings (SSSR count). The van der Waals surface area contributed by atoms with Gasteiger partial charge in [-0.25, -0.2) is 0 Å². The molecule has 12 aromatic rings. The van der Waals surface area contributed by atoms with Crippen molar-refractivity contribution in [3.63, 3.8) is 0 Å². The minimum absolute atomic E-state index is 1.09. The second-order valence-corrected chi connectivity index (χ2v) is 16.4. The van der Waals surface area contributed by atoms with Crippen molar-refractivity contribution in [2.75, 3.05) is 4.90 Å². The Morgan fingerprint density at radius 1 is 0.339 bits per heavy atom. The van der Waals surface area contributed by atoms with Gasteiger partial charge >= 0.3 is 0 Å². The highest BCUT2D eigenvalue weighted by Gasteiger charge is 2.18. The first-order chi connectivity index (χ1) is 29.3. The molecular formula is C56H36N2S. The standard InChI is InChI=1S/C56H36N2S/c1-2-15-44-37(12-1)28-35-48-45(19-10-21-47(44)48)39-13-9-14-43(36-39)57(40-29-26-38(27-30-40)46-20-11-25-55-56(46)51-18-5-8-24-54(51)59-55)41-31-33-42(34-32-41)58-52-22-6-3-16-49(52)50-17-4-7-23-53(50)58/h1-36H. The summed E-state index contributed by atoms with van der Waals surface area (Å²) in [5, 5.41) is 10.2. The van der Waals surface area contributed by atoms with Gasteiger partial charge in [0.05, 0.1) is 11.0 Å². The zero-order chi connectivity index (χ0) is 38.9. The number of benzene rings is 10. The van der Waals surface area contributed by atoms with Crippen LogP contribution in [0.15, 0.2) is 218 Å². The first kappa shape index (κ1) is 33.7. The van der Waals surface area contributed by atoms with Crippen molar-refractivity contribution in [2.24, 2.45) is 0 Å². The van der Waals surface area contributed by atoms with E-state index in [9.17, 15) is 0 Å². The first-order valence-corrected chi connectivity index (χ1v) is 21.0. The Kier molecular flexibility index (Phi) is 7.75. The van der Waals surface area contributed by atoms with Gasteiger partial charge in [0.25, 0.3) is 0 Å². The average Bonchev–Trinajstić information content (AvgIpc) is 3.86. The number of fused-ring (bicyclic) bond motifs is 9. The Morgan fingerprint density at radius 3 is 1.71 bits per heavy atom. The van der Waals surface area contributed by atoms with Crippen LogP contribution in [0, 0.1) is 0 Å². The summed E-state index contributed by atoms with van der Waals surface area (Å²) in [4.78, 5) is 2.39. The Balaban J connectivity index is 1.01. The highest BCUT2D eigenvalue weighted by molar-refractivity contribution is 7.25. The van der Waals surface area contributed by atoms with Crippen molar-refractivity contribution in [2.45, 2.75) is 0 Å². The van der Waals surface area contributed by atoms with E-state index in [0.717, 1.165) is 22.7 Å². The molecule has 0 saturated carbocycles. The van der Waals surface area contributed by atoms with E-state index in [1.54, 1.807) is 0 Å². The van der Waals surface area contributed by atoms with Gasteiger partial charge in [0, 0.05) is 53.7 Å². The van der Waals surface area contributed by atoms with Crippen molar-refractivity contribution >= 4 is 91.9 Å². The number of para-hydroxylation sites is 2. The molecule has 59 heavy (non-hydrogen) atoms. The summed E-state index contributed by atoms with van der Waals surface area (Å²) >= 11 is 1.86. The zero-order valence-electron chi connectivity index (χ0n) is 32.1. The maximum absolute atomic E-state index is 2.39. The summed E-state index contributed by atoms with van der Waals surface area (Å²) < 4.78 is 5.02. The van der Waals surface area contributed by atoms with E-state index < -0.39 is 0 Å². The van der Waals surface area contributed by atoms with E-state index >= 15 is 0 Å². The lowest BCUT2D eigenvalue weighted by Crippen LogP contribution is -2.10. The Hall–Kier alpha value is -7.46. The van der Waals surface area contributed by atoms with Gasteiger partial charge in [0.2, 0.25) is 0 Å². The highest BCUT2D eigenvalue weighted by Crippen LogP contribution is 2.43. The van der Waals surface area contributed by atoms with Crippen molar-refractivity contribution in [1.82, 2.24) is 4.57 Å². The summed E-state index contributed by atoms with van der Waals surface area (Å²) in [7, 11) is 0.